The van der Waals surface area contributed by atoms with Crippen molar-refractivity contribution in [1.82, 2.24) is 24.6 Å². The van der Waals surface area contributed by atoms with Crippen LogP contribution in [0.5, 0.6) is 5.75 Å². The number of nitrogens with zero attached hydrogens (tertiary/aromatic N) is 6. The average molecular weight is 686 g/mol. The Morgan fingerprint density at radius 1 is 0.958 bits per heavy atom. The van der Waals surface area contributed by atoms with E-state index in [1.165, 1.54) is 12.1 Å². The zero-order valence-electron chi connectivity index (χ0n) is 25.9. The topological polar surface area (TPSA) is 133 Å². The van der Waals surface area contributed by atoms with E-state index in [0.29, 0.717) is 29.0 Å². The van der Waals surface area contributed by atoms with E-state index in [2.05, 4.69) is 4.98 Å². The molecule has 1 aliphatic carbocycles. The summed E-state index contributed by atoms with van der Waals surface area (Å²) in [6, 6.07) is 19.4. The zero-order valence-corrected chi connectivity index (χ0v) is 27.4. The van der Waals surface area contributed by atoms with Crippen LogP contribution in [0.4, 0.5) is 5.69 Å². The number of amides is 1. The van der Waals surface area contributed by atoms with Gasteiger partial charge in [-0.3, -0.25) is 24.7 Å². The molecule has 1 amide bonds. The highest BCUT2D eigenvalue weighted by Gasteiger charge is 2.31. The predicted octanol–water partition coefficient (Wildman–Crippen LogP) is 7.55. The quantitative estimate of drug-likeness (QED) is 0.0791. The van der Waals surface area contributed by atoms with Crippen molar-refractivity contribution >= 4 is 40.6 Å². The fraction of sp³-hybridized carbons (Fsp3) is 0.229. The highest BCUT2D eigenvalue weighted by Crippen LogP contribution is 2.32. The maximum Gasteiger partial charge on any atom is 0.288 e. The van der Waals surface area contributed by atoms with Gasteiger partial charge in [-0.25, -0.2) is 9.67 Å². The molecule has 0 N–H and O–H groups in total. The standard InChI is InChI=1S/C35H30Cl2N6O5/c1-48-31-13-11-24(20-29(31)37)34-39-33(22-14-16-38-17-15-22)40-42(34)19-18-41(25-6-2-3-7-25)35(45)27-9-5-4-8-26(27)32(44)23-10-12-28(36)30(21-23)43(46)47/h4-5,8-17,20-21,25H,2-3,6-7,18-19H2,1H3. The maximum atomic E-state index is 14.4. The Morgan fingerprint density at radius 3 is 2.38 bits per heavy atom. The van der Waals surface area contributed by atoms with E-state index in [4.69, 9.17) is 38.0 Å². The molecule has 1 fully saturated rings. The van der Waals surface area contributed by atoms with E-state index in [0.717, 1.165) is 42.9 Å². The zero-order chi connectivity index (χ0) is 33.8. The number of carbonyl (C=O) groups is 2. The van der Waals surface area contributed by atoms with Crippen molar-refractivity contribution in [3.05, 3.63) is 122 Å². The Hall–Kier alpha value is -5.13. The second kappa shape index (κ2) is 14.3. The summed E-state index contributed by atoms with van der Waals surface area (Å²) in [4.78, 5) is 49.7. The molecule has 0 saturated heterocycles. The van der Waals surface area contributed by atoms with Crippen LogP contribution in [0.2, 0.25) is 10.0 Å². The van der Waals surface area contributed by atoms with Gasteiger partial charge in [0, 0.05) is 53.3 Å². The van der Waals surface area contributed by atoms with Crippen LogP contribution in [0.1, 0.15) is 52.0 Å². The van der Waals surface area contributed by atoms with Crippen LogP contribution in [0.25, 0.3) is 22.8 Å². The Morgan fingerprint density at radius 2 is 1.69 bits per heavy atom. The summed E-state index contributed by atoms with van der Waals surface area (Å²) >= 11 is 12.5. The number of hydrogen-bond donors (Lipinski definition) is 0. The molecule has 0 aliphatic heterocycles. The van der Waals surface area contributed by atoms with E-state index in [1.807, 2.05) is 23.1 Å². The van der Waals surface area contributed by atoms with Crippen molar-refractivity contribution in [3.8, 4) is 28.5 Å². The number of ketones is 1. The molecular formula is C35H30Cl2N6O5. The number of carbonyl (C=O) groups excluding carboxylic acids is 2. The highest BCUT2D eigenvalue weighted by molar-refractivity contribution is 6.33. The molecule has 1 saturated carbocycles. The molecular weight excluding hydrogens is 655 g/mol. The number of halogens is 2. The lowest BCUT2D eigenvalue weighted by molar-refractivity contribution is -0.384. The largest absolute Gasteiger partial charge is 0.495 e. The number of benzene rings is 3. The van der Waals surface area contributed by atoms with Gasteiger partial charge in [0.25, 0.3) is 11.6 Å². The Labute approximate surface area is 286 Å². The van der Waals surface area contributed by atoms with Gasteiger partial charge in [-0.15, -0.1) is 0 Å². The van der Waals surface area contributed by atoms with E-state index < -0.39 is 10.7 Å². The number of nitro benzene ring substituents is 1. The first-order chi connectivity index (χ1) is 23.2. The minimum Gasteiger partial charge on any atom is -0.495 e. The molecule has 0 bridgehead atoms. The lowest BCUT2D eigenvalue weighted by Crippen LogP contribution is -2.41. The first-order valence-electron chi connectivity index (χ1n) is 15.3. The maximum absolute atomic E-state index is 14.4. The number of rotatable bonds is 11. The van der Waals surface area contributed by atoms with Gasteiger partial charge in [0.1, 0.15) is 10.8 Å². The second-order valence-electron chi connectivity index (χ2n) is 11.3. The monoisotopic (exact) mass is 684 g/mol. The minimum atomic E-state index is -0.642. The number of ether oxygens (including phenoxy) is 1. The molecule has 0 spiro atoms. The molecule has 244 valence electrons. The first-order valence-corrected chi connectivity index (χ1v) is 16.1. The molecule has 13 heteroatoms. The van der Waals surface area contributed by atoms with Gasteiger partial charge in [0.2, 0.25) is 0 Å². The third-order valence-electron chi connectivity index (χ3n) is 8.41. The third-order valence-corrected chi connectivity index (χ3v) is 9.02. The number of aromatic nitrogens is 4. The molecule has 11 nitrogen and oxygen atoms in total. The Kier molecular flexibility index (Phi) is 9.79. The molecule has 5 aromatic rings. The Balaban J connectivity index is 1.34. The van der Waals surface area contributed by atoms with Crippen LogP contribution in [0.15, 0.2) is 85.2 Å². The number of methoxy groups -OCH3 is 1. The molecule has 2 aromatic heterocycles. The summed E-state index contributed by atoms with van der Waals surface area (Å²) in [6.45, 7) is 0.591. The summed E-state index contributed by atoms with van der Waals surface area (Å²) in [5.41, 5.74) is 1.55. The van der Waals surface area contributed by atoms with Crippen LogP contribution in [0.3, 0.4) is 0 Å². The van der Waals surface area contributed by atoms with Crippen LogP contribution in [-0.2, 0) is 6.54 Å². The third kappa shape index (κ3) is 6.78. The number of pyridine rings is 1. The lowest BCUT2D eigenvalue weighted by atomic mass is 9.96. The second-order valence-corrected chi connectivity index (χ2v) is 12.1. The molecule has 6 rings (SSSR count). The van der Waals surface area contributed by atoms with Crippen molar-refractivity contribution in [1.29, 1.82) is 0 Å². The molecule has 48 heavy (non-hydrogen) atoms. The van der Waals surface area contributed by atoms with Gasteiger partial charge < -0.3 is 9.64 Å². The van der Waals surface area contributed by atoms with Gasteiger partial charge in [-0.1, -0.05) is 54.2 Å². The number of nitro groups is 1. The highest BCUT2D eigenvalue weighted by atomic mass is 35.5. The van der Waals surface area contributed by atoms with E-state index >= 15 is 0 Å². The fourth-order valence-electron chi connectivity index (χ4n) is 5.98. The van der Waals surface area contributed by atoms with Gasteiger partial charge in [0.15, 0.2) is 17.4 Å². The molecule has 0 atom stereocenters. The average Bonchev–Trinajstić information content (AvgIpc) is 3.80. The smallest absolute Gasteiger partial charge is 0.288 e. The number of hydrogen-bond acceptors (Lipinski definition) is 8. The minimum absolute atomic E-state index is 0.0423. The summed E-state index contributed by atoms with van der Waals surface area (Å²) < 4.78 is 7.09. The predicted molar refractivity (Wildman–Crippen MR) is 182 cm³/mol. The lowest BCUT2D eigenvalue weighted by Gasteiger charge is -2.30. The normalized spacial score (nSPS) is 13.0. The van der Waals surface area contributed by atoms with Gasteiger partial charge in [-0.05, 0) is 61.4 Å². The molecule has 0 unspecified atom stereocenters. The van der Waals surface area contributed by atoms with E-state index in [9.17, 15) is 19.7 Å². The van der Waals surface area contributed by atoms with Crippen molar-refractivity contribution in [2.24, 2.45) is 0 Å². The van der Waals surface area contributed by atoms with Crippen LogP contribution in [0, 0.1) is 10.1 Å². The fourth-order valence-corrected chi connectivity index (χ4v) is 6.42. The van der Waals surface area contributed by atoms with Crippen LogP contribution < -0.4 is 4.74 Å². The molecule has 3 aromatic carbocycles. The summed E-state index contributed by atoms with van der Waals surface area (Å²) in [7, 11) is 1.55. The van der Waals surface area contributed by atoms with Gasteiger partial charge in [0.05, 0.1) is 29.2 Å². The van der Waals surface area contributed by atoms with Crippen LogP contribution in [-0.4, -0.2) is 61.0 Å². The van der Waals surface area contributed by atoms with Crippen molar-refractivity contribution in [2.75, 3.05) is 13.7 Å². The Bertz CT molecular complexity index is 2000. The van der Waals surface area contributed by atoms with Crippen LogP contribution >= 0.6 is 23.2 Å². The summed E-state index contributed by atoms with van der Waals surface area (Å²) in [6.07, 6.45) is 6.95. The summed E-state index contributed by atoms with van der Waals surface area (Å²) in [5, 5.41) is 16.7. The van der Waals surface area contributed by atoms with E-state index in [-0.39, 0.29) is 45.9 Å². The van der Waals surface area contributed by atoms with Crippen molar-refractivity contribution in [2.45, 2.75) is 38.3 Å². The van der Waals surface area contributed by atoms with Gasteiger partial charge >= 0.3 is 0 Å². The van der Waals surface area contributed by atoms with Crippen molar-refractivity contribution in [3.63, 3.8) is 0 Å². The summed E-state index contributed by atoms with van der Waals surface area (Å²) in [5.74, 6) is 0.760. The SMILES string of the molecule is COc1ccc(-c2nc(-c3ccncc3)nn2CCN(C(=O)c2ccccc2C(=O)c2ccc(Cl)c([N+](=O)[O-])c2)C2CCCC2)cc1Cl. The molecule has 1 aliphatic rings. The van der Waals surface area contributed by atoms with Gasteiger partial charge in [-0.2, -0.15) is 5.10 Å². The molecule has 0 radical (unpaired) electrons. The van der Waals surface area contributed by atoms with Crippen molar-refractivity contribution < 1.29 is 19.2 Å². The first kappa shape index (κ1) is 32.8. The van der Waals surface area contributed by atoms with E-state index in [1.54, 1.807) is 60.6 Å². The molecule has 2 heterocycles.